The van der Waals surface area contributed by atoms with E-state index in [0.717, 1.165) is 5.56 Å². The van der Waals surface area contributed by atoms with Crippen LogP contribution in [-0.4, -0.2) is 11.8 Å². The average molecular weight is 286 g/mol. The maximum absolute atomic E-state index is 13.4. The van der Waals surface area contributed by atoms with Gasteiger partial charge < -0.3 is 10.6 Å². The lowest BCUT2D eigenvalue weighted by Crippen LogP contribution is -2.35. The molecule has 0 spiro atoms. The van der Waals surface area contributed by atoms with E-state index in [1.54, 1.807) is 36.4 Å². The van der Waals surface area contributed by atoms with Crippen LogP contribution in [0.1, 0.15) is 11.1 Å². The number of nitrogens with one attached hydrogen (secondary N) is 2. The highest BCUT2D eigenvalue weighted by Gasteiger charge is 2.14. The molecule has 2 amide bonds. The first-order valence-electron chi connectivity index (χ1n) is 6.45. The van der Waals surface area contributed by atoms with E-state index >= 15 is 0 Å². The predicted octanol–water partition coefficient (Wildman–Crippen LogP) is 2.39. The summed E-state index contributed by atoms with van der Waals surface area (Å²) < 4.78 is 13.4. The normalized spacial score (nSPS) is 10.0. The van der Waals surface area contributed by atoms with E-state index in [0.29, 0.717) is 11.3 Å². The summed E-state index contributed by atoms with van der Waals surface area (Å²) in [7, 11) is 0. The van der Waals surface area contributed by atoms with Gasteiger partial charge in [0.05, 0.1) is 0 Å². The van der Waals surface area contributed by atoms with Gasteiger partial charge in [-0.3, -0.25) is 9.59 Å². The molecule has 0 aromatic heterocycles. The number of anilines is 1. The summed E-state index contributed by atoms with van der Waals surface area (Å²) in [6.45, 7) is 1.85. The maximum Gasteiger partial charge on any atom is 0.313 e. The van der Waals surface area contributed by atoms with E-state index in [-0.39, 0.29) is 6.54 Å². The van der Waals surface area contributed by atoms with Crippen molar-refractivity contribution in [1.29, 1.82) is 0 Å². The average Bonchev–Trinajstić information content (AvgIpc) is 2.46. The van der Waals surface area contributed by atoms with Gasteiger partial charge in [-0.15, -0.1) is 0 Å². The van der Waals surface area contributed by atoms with E-state index in [2.05, 4.69) is 10.6 Å². The zero-order chi connectivity index (χ0) is 15.2. The van der Waals surface area contributed by atoms with Gasteiger partial charge in [0.2, 0.25) is 0 Å². The summed E-state index contributed by atoms with van der Waals surface area (Å²) in [5.74, 6) is -2.01. The molecule has 2 N–H and O–H groups in total. The number of halogens is 1. The van der Waals surface area contributed by atoms with Gasteiger partial charge in [0.25, 0.3) is 0 Å². The van der Waals surface area contributed by atoms with E-state index in [9.17, 15) is 14.0 Å². The van der Waals surface area contributed by atoms with Gasteiger partial charge in [-0.2, -0.15) is 0 Å². The van der Waals surface area contributed by atoms with Crippen molar-refractivity contribution in [3.63, 3.8) is 0 Å². The number of carbonyl (C=O) groups excluding carboxylic acids is 2. The molecule has 0 fully saturated rings. The zero-order valence-corrected chi connectivity index (χ0v) is 11.5. The molecule has 0 aliphatic heterocycles. The van der Waals surface area contributed by atoms with Crippen molar-refractivity contribution in [2.75, 3.05) is 5.32 Å². The van der Waals surface area contributed by atoms with Crippen molar-refractivity contribution in [2.45, 2.75) is 13.5 Å². The molecular weight excluding hydrogens is 271 g/mol. The molecule has 0 bridgehead atoms. The molecule has 2 rings (SSSR count). The number of rotatable bonds is 3. The number of carbonyl (C=O) groups is 2. The first-order valence-corrected chi connectivity index (χ1v) is 6.45. The molecule has 5 heteroatoms. The molecule has 0 heterocycles. The minimum absolute atomic E-state index is 0.0350. The molecule has 0 aliphatic carbocycles. The lowest BCUT2D eigenvalue weighted by Gasteiger charge is -2.07. The fourth-order valence-corrected chi connectivity index (χ4v) is 1.81. The van der Waals surface area contributed by atoms with Crippen molar-refractivity contribution < 1.29 is 14.0 Å². The van der Waals surface area contributed by atoms with Crippen LogP contribution in [-0.2, 0) is 16.1 Å². The molecule has 0 unspecified atom stereocenters. The van der Waals surface area contributed by atoms with Crippen LogP contribution in [0.15, 0.2) is 48.5 Å². The van der Waals surface area contributed by atoms with E-state index in [1.807, 2.05) is 13.0 Å². The lowest BCUT2D eigenvalue weighted by molar-refractivity contribution is -0.136. The molecule has 2 aromatic carbocycles. The Morgan fingerprint density at radius 1 is 1.05 bits per heavy atom. The van der Waals surface area contributed by atoms with Crippen LogP contribution in [0.2, 0.25) is 0 Å². The molecular formula is C16H15FN2O2. The van der Waals surface area contributed by atoms with Crippen molar-refractivity contribution >= 4 is 17.5 Å². The minimum atomic E-state index is -0.806. The van der Waals surface area contributed by atoms with Gasteiger partial charge in [-0.05, 0) is 30.7 Å². The van der Waals surface area contributed by atoms with Crippen LogP contribution in [0.3, 0.4) is 0 Å². The third-order valence-corrected chi connectivity index (χ3v) is 2.88. The van der Waals surface area contributed by atoms with Crippen LogP contribution < -0.4 is 10.6 Å². The Labute approximate surface area is 122 Å². The molecule has 2 aromatic rings. The minimum Gasteiger partial charge on any atom is -0.344 e. The number of aryl methyl sites for hydroxylation is 1. The number of hydrogen-bond acceptors (Lipinski definition) is 2. The quantitative estimate of drug-likeness (QED) is 0.851. The second-order valence-electron chi connectivity index (χ2n) is 4.60. The Morgan fingerprint density at radius 3 is 2.52 bits per heavy atom. The Morgan fingerprint density at radius 2 is 1.81 bits per heavy atom. The highest BCUT2D eigenvalue weighted by atomic mass is 19.1. The molecule has 0 saturated carbocycles. The molecule has 0 radical (unpaired) electrons. The number of amides is 2. The number of hydrogen-bond donors (Lipinski definition) is 2. The summed E-state index contributed by atoms with van der Waals surface area (Å²) >= 11 is 0. The van der Waals surface area contributed by atoms with Gasteiger partial charge in [0.1, 0.15) is 5.82 Å². The van der Waals surface area contributed by atoms with Crippen LogP contribution >= 0.6 is 0 Å². The van der Waals surface area contributed by atoms with Gasteiger partial charge in [0, 0.05) is 17.8 Å². The van der Waals surface area contributed by atoms with E-state index < -0.39 is 17.6 Å². The van der Waals surface area contributed by atoms with Crippen LogP contribution in [0, 0.1) is 12.7 Å². The van der Waals surface area contributed by atoms with Gasteiger partial charge >= 0.3 is 11.8 Å². The predicted molar refractivity (Wildman–Crippen MR) is 78.1 cm³/mol. The van der Waals surface area contributed by atoms with Crippen molar-refractivity contribution in [3.8, 4) is 0 Å². The van der Waals surface area contributed by atoms with E-state index in [1.165, 1.54) is 6.07 Å². The lowest BCUT2D eigenvalue weighted by atomic mass is 10.2. The maximum atomic E-state index is 13.4. The summed E-state index contributed by atoms with van der Waals surface area (Å²) in [6, 6.07) is 13.2. The summed E-state index contributed by atoms with van der Waals surface area (Å²) in [4.78, 5) is 23.4. The second-order valence-corrected chi connectivity index (χ2v) is 4.60. The number of benzene rings is 2. The highest BCUT2D eigenvalue weighted by Crippen LogP contribution is 2.09. The highest BCUT2D eigenvalue weighted by molar-refractivity contribution is 6.39. The van der Waals surface area contributed by atoms with E-state index in [4.69, 9.17) is 0 Å². The first kappa shape index (κ1) is 14.7. The fraction of sp³-hybridized carbons (Fsp3) is 0.125. The van der Waals surface area contributed by atoms with Gasteiger partial charge in [-0.25, -0.2) is 4.39 Å². The van der Waals surface area contributed by atoms with Crippen molar-refractivity contribution in [1.82, 2.24) is 5.32 Å². The largest absolute Gasteiger partial charge is 0.344 e. The second kappa shape index (κ2) is 6.65. The summed E-state index contributed by atoms with van der Waals surface area (Å²) in [6.07, 6.45) is 0. The van der Waals surface area contributed by atoms with Crippen LogP contribution in [0.25, 0.3) is 0 Å². The Hall–Kier alpha value is -2.69. The molecule has 0 aliphatic rings. The zero-order valence-electron chi connectivity index (χ0n) is 11.5. The van der Waals surface area contributed by atoms with Crippen molar-refractivity contribution in [2.24, 2.45) is 0 Å². The fourth-order valence-electron chi connectivity index (χ4n) is 1.81. The first-order chi connectivity index (χ1) is 10.1. The molecule has 108 valence electrons. The third-order valence-electron chi connectivity index (χ3n) is 2.88. The topological polar surface area (TPSA) is 58.2 Å². The molecule has 21 heavy (non-hydrogen) atoms. The summed E-state index contributed by atoms with van der Waals surface area (Å²) in [5.41, 5.74) is 1.84. The Bertz CT molecular complexity index is 671. The molecule has 0 saturated heterocycles. The SMILES string of the molecule is Cc1cccc(NC(=O)C(=O)NCc2ccccc2F)c1. The van der Waals surface area contributed by atoms with Crippen LogP contribution in [0.5, 0.6) is 0 Å². The standard InChI is InChI=1S/C16H15FN2O2/c1-11-5-4-7-13(9-11)19-16(21)15(20)18-10-12-6-2-3-8-14(12)17/h2-9H,10H2,1H3,(H,18,20)(H,19,21). The monoisotopic (exact) mass is 286 g/mol. The smallest absolute Gasteiger partial charge is 0.313 e. The Kier molecular flexibility index (Phi) is 4.66. The molecule has 4 nitrogen and oxygen atoms in total. The van der Waals surface area contributed by atoms with Gasteiger partial charge in [0.15, 0.2) is 0 Å². The summed E-state index contributed by atoms with van der Waals surface area (Å²) in [5, 5.41) is 4.87. The molecule has 0 atom stereocenters. The van der Waals surface area contributed by atoms with Gasteiger partial charge in [-0.1, -0.05) is 30.3 Å². The van der Waals surface area contributed by atoms with Crippen LogP contribution in [0.4, 0.5) is 10.1 Å². The Balaban J connectivity index is 1.91. The van der Waals surface area contributed by atoms with Crippen molar-refractivity contribution in [3.05, 3.63) is 65.5 Å². The third kappa shape index (κ3) is 4.14.